The number of sulfonamides is 1. The molecule has 36 heavy (non-hydrogen) atoms. The molecule has 0 bridgehead atoms. The quantitative estimate of drug-likeness (QED) is 0.453. The van der Waals surface area contributed by atoms with Gasteiger partial charge in [-0.05, 0) is 51.3 Å². The molecular weight excluding hydrogens is 488 g/mol. The second-order valence-electron chi connectivity index (χ2n) is 9.14. The number of halogens is 2. The topological polar surface area (TPSA) is 86.8 Å². The van der Waals surface area contributed by atoms with E-state index in [1.54, 1.807) is 0 Å². The molecule has 7 nitrogen and oxygen atoms in total. The van der Waals surface area contributed by atoms with Crippen molar-refractivity contribution < 1.29 is 26.8 Å². The van der Waals surface area contributed by atoms with Gasteiger partial charge in [-0.1, -0.05) is 36.8 Å². The highest BCUT2D eigenvalue weighted by Crippen LogP contribution is 2.22. The Bertz CT molecular complexity index is 1170. The zero-order valence-corrected chi connectivity index (χ0v) is 22.2. The predicted molar refractivity (Wildman–Crippen MR) is 137 cm³/mol. The van der Waals surface area contributed by atoms with Crippen LogP contribution in [0.3, 0.4) is 0 Å². The number of rotatable bonds is 12. The summed E-state index contributed by atoms with van der Waals surface area (Å²) in [6.45, 7) is 7.57. The number of nitrogens with one attached hydrogen (secondary N) is 1. The fourth-order valence-electron chi connectivity index (χ4n) is 3.95. The fourth-order valence-corrected chi connectivity index (χ4v) is 4.91. The molecule has 0 radical (unpaired) electrons. The lowest BCUT2D eigenvalue weighted by Gasteiger charge is -2.31. The second kappa shape index (κ2) is 12.8. The average Bonchev–Trinajstić information content (AvgIpc) is 2.77. The van der Waals surface area contributed by atoms with Gasteiger partial charge >= 0.3 is 0 Å². The van der Waals surface area contributed by atoms with Gasteiger partial charge in [0.1, 0.15) is 6.04 Å². The molecule has 198 valence electrons. The lowest BCUT2D eigenvalue weighted by Crippen LogP contribution is -2.50. The first-order chi connectivity index (χ1) is 16.8. The Morgan fingerprint density at radius 1 is 1.06 bits per heavy atom. The van der Waals surface area contributed by atoms with Gasteiger partial charge in [-0.3, -0.25) is 13.9 Å². The minimum atomic E-state index is -3.81. The number of hydrogen-bond donors (Lipinski definition) is 1. The Kier molecular flexibility index (Phi) is 10.4. The van der Waals surface area contributed by atoms with E-state index in [2.05, 4.69) is 5.32 Å². The molecule has 0 fully saturated rings. The third kappa shape index (κ3) is 8.29. The number of aryl methyl sites for hydroxylation is 1. The van der Waals surface area contributed by atoms with E-state index in [9.17, 15) is 26.8 Å². The van der Waals surface area contributed by atoms with Crippen molar-refractivity contribution in [2.75, 3.05) is 17.1 Å². The van der Waals surface area contributed by atoms with Crippen LogP contribution in [0.15, 0.2) is 42.5 Å². The second-order valence-corrected chi connectivity index (χ2v) is 11.0. The van der Waals surface area contributed by atoms with Crippen molar-refractivity contribution >= 4 is 27.5 Å². The van der Waals surface area contributed by atoms with Gasteiger partial charge in [0.05, 0.1) is 11.9 Å². The molecule has 0 aliphatic heterocycles. The van der Waals surface area contributed by atoms with Gasteiger partial charge < -0.3 is 10.2 Å². The van der Waals surface area contributed by atoms with Crippen LogP contribution in [0.25, 0.3) is 0 Å². The van der Waals surface area contributed by atoms with Gasteiger partial charge in [0.25, 0.3) is 0 Å². The summed E-state index contributed by atoms with van der Waals surface area (Å²) in [6, 6.07) is 9.71. The summed E-state index contributed by atoms with van der Waals surface area (Å²) in [5, 5.41) is 2.87. The lowest BCUT2D eigenvalue weighted by molar-refractivity contribution is -0.141. The molecule has 0 saturated heterocycles. The van der Waals surface area contributed by atoms with E-state index in [4.69, 9.17) is 0 Å². The van der Waals surface area contributed by atoms with E-state index < -0.39 is 27.7 Å². The van der Waals surface area contributed by atoms with Crippen molar-refractivity contribution in [3.05, 3.63) is 65.2 Å². The Hall–Kier alpha value is -3.01. The van der Waals surface area contributed by atoms with Gasteiger partial charge in [-0.25, -0.2) is 17.2 Å². The van der Waals surface area contributed by atoms with Crippen LogP contribution in [0.2, 0.25) is 0 Å². The van der Waals surface area contributed by atoms with Gasteiger partial charge in [-0.15, -0.1) is 0 Å². The SMILES string of the molecule is CCC(C(=O)NC(C)C)N(Cc1cccc(C)c1)C(=O)CCCN(c1ccc(F)c(F)c1)S(C)(=O)=O. The number of benzene rings is 2. The number of carbonyl (C=O) groups excluding carboxylic acids is 2. The first-order valence-corrected chi connectivity index (χ1v) is 13.8. The molecule has 10 heteroatoms. The maximum atomic E-state index is 13.7. The van der Waals surface area contributed by atoms with Crippen LogP contribution < -0.4 is 9.62 Å². The molecule has 0 aliphatic carbocycles. The summed E-state index contributed by atoms with van der Waals surface area (Å²) in [5.74, 6) is -2.81. The summed E-state index contributed by atoms with van der Waals surface area (Å²) in [4.78, 5) is 27.8. The normalized spacial score (nSPS) is 12.3. The van der Waals surface area contributed by atoms with Gasteiger partial charge in [-0.2, -0.15) is 0 Å². The Balaban J connectivity index is 2.23. The van der Waals surface area contributed by atoms with Crippen LogP contribution in [-0.4, -0.2) is 50.0 Å². The molecule has 0 aliphatic rings. The molecule has 1 N–H and O–H groups in total. The first-order valence-electron chi connectivity index (χ1n) is 11.9. The van der Waals surface area contributed by atoms with Crippen molar-refractivity contribution in [3.63, 3.8) is 0 Å². The van der Waals surface area contributed by atoms with Crippen LogP contribution in [0.1, 0.15) is 51.2 Å². The van der Waals surface area contributed by atoms with Gasteiger partial charge in [0.15, 0.2) is 11.6 Å². The molecule has 0 saturated carbocycles. The number of anilines is 1. The molecule has 2 aromatic carbocycles. The van der Waals surface area contributed by atoms with Crippen LogP contribution in [0.4, 0.5) is 14.5 Å². The Morgan fingerprint density at radius 3 is 2.31 bits per heavy atom. The fraction of sp³-hybridized carbons (Fsp3) is 0.462. The van der Waals surface area contributed by atoms with E-state index in [0.29, 0.717) is 6.42 Å². The van der Waals surface area contributed by atoms with Crippen molar-refractivity contribution in [1.82, 2.24) is 10.2 Å². The zero-order chi connectivity index (χ0) is 27.0. The lowest BCUT2D eigenvalue weighted by atomic mass is 10.1. The summed E-state index contributed by atoms with van der Waals surface area (Å²) >= 11 is 0. The van der Waals surface area contributed by atoms with Crippen LogP contribution in [0.5, 0.6) is 0 Å². The minimum Gasteiger partial charge on any atom is -0.352 e. The van der Waals surface area contributed by atoms with E-state index >= 15 is 0 Å². The minimum absolute atomic E-state index is 0.0248. The Morgan fingerprint density at radius 2 is 1.75 bits per heavy atom. The first kappa shape index (κ1) is 29.2. The molecule has 0 aromatic heterocycles. The zero-order valence-electron chi connectivity index (χ0n) is 21.4. The molecule has 0 heterocycles. The van der Waals surface area contributed by atoms with Crippen molar-refractivity contribution in [2.45, 2.75) is 65.6 Å². The Labute approximate surface area is 212 Å². The van der Waals surface area contributed by atoms with Crippen molar-refractivity contribution in [2.24, 2.45) is 0 Å². The highest BCUT2D eigenvalue weighted by Gasteiger charge is 2.29. The maximum absolute atomic E-state index is 13.7. The average molecular weight is 524 g/mol. The molecule has 0 spiro atoms. The molecule has 1 atom stereocenters. The van der Waals surface area contributed by atoms with Gasteiger partial charge in [0.2, 0.25) is 21.8 Å². The molecule has 2 aromatic rings. The van der Waals surface area contributed by atoms with Crippen molar-refractivity contribution in [3.8, 4) is 0 Å². The largest absolute Gasteiger partial charge is 0.352 e. The van der Waals surface area contributed by atoms with E-state index in [1.807, 2.05) is 52.0 Å². The summed E-state index contributed by atoms with van der Waals surface area (Å²) in [6.07, 6.45) is 1.45. The molecular formula is C26H35F2N3O4S. The summed E-state index contributed by atoms with van der Waals surface area (Å²) in [5.41, 5.74) is 1.87. The van der Waals surface area contributed by atoms with E-state index in [0.717, 1.165) is 33.8 Å². The number of nitrogens with zero attached hydrogens (tertiary/aromatic N) is 2. The standard InChI is InChI=1S/C26H35F2N3O4S/c1-6-24(26(33)29-18(2)3)30(17-20-10-7-9-19(4)15-20)25(32)11-8-14-31(36(5,34)35)21-12-13-22(27)23(28)16-21/h7,9-10,12-13,15-16,18,24H,6,8,11,14,17H2,1-5H3,(H,29,33). The number of hydrogen-bond acceptors (Lipinski definition) is 4. The van der Waals surface area contributed by atoms with E-state index in [1.165, 1.54) is 11.0 Å². The third-order valence-corrected chi connectivity index (χ3v) is 6.79. The highest BCUT2D eigenvalue weighted by molar-refractivity contribution is 7.92. The number of carbonyl (C=O) groups is 2. The summed E-state index contributed by atoms with van der Waals surface area (Å²) < 4.78 is 52.6. The third-order valence-electron chi connectivity index (χ3n) is 5.60. The predicted octanol–water partition coefficient (Wildman–Crippen LogP) is 4.15. The number of amides is 2. The highest BCUT2D eigenvalue weighted by atomic mass is 32.2. The smallest absolute Gasteiger partial charge is 0.243 e. The molecule has 1 unspecified atom stereocenters. The van der Waals surface area contributed by atoms with Crippen LogP contribution in [0, 0.1) is 18.6 Å². The summed E-state index contributed by atoms with van der Waals surface area (Å²) in [7, 11) is -3.81. The maximum Gasteiger partial charge on any atom is 0.243 e. The van der Waals surface area contributed by atoms with Crippen LogP contribution in [-0.2, 0) is 26.2 Å². The van der Waals surface area contributed by atoms with Crippen LogP contribution >= 0.6 is 0 Å². The monoisotopic (exact) mass is 523 g/mol. The molecule has 2 amide bonds. The van der Waals surface area contributed by atoms with Crippen molar-refractivity contribution in [1.29, 1.82) is 0 Å². The van der Waals surface area contributed by atoms with E-state index in [-0.39, 0.29) is 49.5 Å². The van der Waals surface area contributed by atoms with Gasteiger partial charge in [0, 0.05) is 31.6 Å². The molecule has 2 rings (SSSR count).